The normalized spacial score (nSPS) is 12.5. The maximum absolute atomic E-state index is 13.3. The number of allylic oxidation sites excluding steroid dienone is 1. The number of halogens is 5. The third-order valence-electron chi connectivity index (χ3n) is 2.88. The molecule has 2 aromatic rings. The summed E-state index contributed by atoms with van der Waals surface area (Å²) >= 11 is 12.8. The van der Waals surface area contributed by atoms with E-state index in [0.717, 1.165) is 22.1 Å². The van der Waals surface area contributed by atoms with E-state index in [9.17, 15) is 13.2 Å². The van der Waals surface area contributed by atoms with Crippen LogP contribution >= 0.6 is 35.0 Å². The zero-order valence-corrected chi connectivity index (χ0v) is 13.7. The molecule has 0 spiro atoms. The maximum Gasteiger partial charge on any atom is 0.417 e. The number of benzene rings is 2. The van der Waals surface area contributed by atoms with Crippen molar-refractivity contribution in [1.82, 2.24) is 0 Å². The molecule has 0 aromatic heterocycles. The van der Waals surface area contributed by atoms with E-state index in [4.69, 9.17) is 23.2 Å². The Morgan fingerprint density at radius 1 is 1.09 bits per heavy atom. The number of hydrogen-bond donors (Lipinski definition) is 0. The summed E-state index contributed by atoms with van der Waals surface area (Å²) in [6, 6.07) is 11.5. The van der Waals surface area contributed by atoms with E-state index in [1.54, 1.807) is 37.3 Å². The van der Waals surface area contributed by atoms with Gasteiger partial charge in [-0.2, -0.15) is 13.2 Å². The fourth-order valence-electron chi connectivity index (χ4n) is 1.81. The molecule has 0 aliphatic heterocycles. The van der Waals surface area contributed by atoms with Crippen LogP contribution in [0.4, 0.5) is 13.2 Å². The molecule has 2 aromatic carbocycles. The van der Waals surface area contributed by atoms with Crippen molar-refractivity contribution >= 4 is 40.5 Å². The van der Waals surface area contributed by atoms with Gasteiger partial charge >= 0.3 is 6.18 Å². The molecule has 0 nitrogen and oxygen atoms in total. The Morgan fingerprint density at radius 2 is 1.73 bits per heavy atom. The minimum absolute atomic E-state index is 0.00262. The van der Waals surface area contributed by atoms with E-state index >= 15 is 0 Å². The Bertz CT molecular complexity index is 671. The summed E-state index contributed by atoms with van der Waals surface area (Å²) in [7, 11) is 0. The molecule has 2 rings (SSSR count). The van der Waals surface area contributed by atoms with E-state index in [1.807, 2.05) is 0 Å². The van der Waals surface area contributed by atoms with Crippen molar-refractivity contribution in [2.24, 2.45) is 0 Å². The lowest BCUT2D eigenvalue weighted by Gasteiger charge is -2.14. The lowest BCUT2D eigenvalue weighted by Crippen LogP contribution is -2.10. The third kappa shape index (κ3) is 4.22. The smallest absolute Gasteiger partial charge is 0.166 e. The van der Waals surface area contributed by atoms with Gasteiger partial charge in [-0.15, -0.1) is 0 Å². The molecule has 0 heterocycles. The van der Waals surface area contributed by atoms with Gasteiger partial charge in [-0.1, -0.05) is 53.2 Å². The van der Waals surface area contributed by atoms with Crippen molar-refractivity contribution in [3.05, 3.63) is 69.0 Å². The van der Waals surface area contributed by atoms with Crippen LogP contribution in [0.15, 0.2) is 52.8 Å². The molecule has 0 aliphatic carbocycles. The SMILES string of the molecule is Cc1cc(/C(=C\Sc2ccccc2)C(F)(F)F)cc(Cl)c1Cl. The van der Waals surface area contributed by atoms with Crippen molar-refractivity contribution in [3.8, 4) is 0 Å². The van der Waals surface area contributed by atoms with Gasteiger partial charge in [-0.05, 0) is 47.7 Å². The minimum Gasteiger partial charge on any atom is -0.166 e. The predicted molar refractivity (Wildman–Crippen MR) is 87.5 cm³/mol. The summed E-state index contributed by atoms with van der Waals surface area (Å²) < 4.78 is 39.9. The van der Waals surface area contributed by atoms with Crippen molar-refractivity contribution in [1.29, 1.82) is 0 Å². The topological polar surface area (TPSA) is 0 Å². The van der Waals surface area contributed by atoms with Crippen LogP contribution in [-0.4, -0.2) is 6.18 Å². The Balaban J connectivity index is 2.43. The lowest BCUT2D eigenvalue weighted by molar-refractivity contribution is -0.0687. The Hall–Kier alpha value is -1.10. The third-order valence-corrected chi connectivity index (χ3v) is 4.68. The summed E-state index contributed by atoms with van der Waals surface area (Å²) in [5, 5.41) is 1.47. The number of rotatable bonds is 3. The van der Waals surface area contributed by atoms with Gasteiger partial charge in [0.05, 0.1) is 15.6 Å². The van der Waals surface area contributed by atoms with Gasteiger partial charge in [0.15, 0.2) is 0 Å². The van der Waals surface area contributed by atoms with Crippen molar-refractivity contribution in [2.75, 3.05) is 0 Å². The van der Waals surface area contributed by atoms with Gasteiger partial charge in [0, 0.05) is 4.90 Å². The second kappa shape index (κ2) is 6.99. The average molecular weight is 363 g/mol. The van der Waals surface area contributed by atoms with Gasteiger partial charge in [0.25, 0.3) is 0 Å². The summed E-state index contributed by atoms with van der Waals surface area (Å²) in [5.74, 6) is 0. The number of alkyl halides is 3. The van der Waals surface area contributed by atoms with Gasteiger partial charge < -0.3 is 0 Å². The second-order valence-electron chi connectivity index (χ2n) is 4.55. The molecule has 0 atom stereocenters. The summed E-state index contributed by atoms with van der Waals surface area (Å²) in [6.07, 6.45) is -4.48. The van der Waals surface area contributed by atoms with E-state index in [1.165, 1.54) is 12.1 Å². The van der Waals surface area contributed by atoms with Crippen molar-refractivity contribution in [2.45, 2.75) is 18.0 Å². The molecule has 0 unspecified atom stereocenters. The molecule has 0 N–H and O–H groups in total. The average Bonchev–Trinajstić information content (AvgIpc) is 2.44. The van der Waals surface area contributed by atoms with Crippen LogP contribution in [0.25, 0.3) is 5.57 Å². The van der Waals surface area contributed by atoms with Gasteiger partial charge in [0.1, 0.15) is 0 Å². The van der Waals surface area contributed by atoms with Crippen molar-refractivity contribution in [3.63, 3.8) is 0 Å². The van der Waals surface area contributed by atoms with Crippen LogP contribution < -0.4 is 0 Å². The van der Waals surface area contributed by atoms with Crippen LogP contribution in [0.3, 0.4) is 0 Å². The van der Waals surface area contributed by atoms with Crippen LogP contribution in [-0.2, 0) is 0 Å². The van der Waals surface area contributed by atoms with Gasteiger partial charge in [-0.3, -0.25) is 0 Å². The van der Waals surface area contributed by atoms with E-state index in [0.29, 0.717) is 5.56 Å². The van der Waals surface area contributed by atoms with E-state index in [2.05, 4.69) is 0 Å². The highest BCUT2D eigenvalue weighted by Crippen LogP contribution is 2.39. The first-order chi connectivity index (χ1) is 10.3. The molecule has 0 radical (unpaired) electrons. The highest BCUT2D eigenvalue weighted by atomic mass is 35.5. The largest absolute Gasteiger partial charge is 0.417 e. The first-order valence-electron chi connectivity index (χ1n) is 6.24. The Kier molecular flexibility index (Phi) is 5.48. The van der Waals surface area contributed by atoms with Crippen LogP contribution in [0.2, 0.25) is 10.0 Å². The number of thioether (sulfide) groups is 1. The molecule has 0 saturated heterocycles. The molecule has 116 valence electrons. The number of aryl methyl sites for hydroxylation is 1. The van der Waals surface area contributed by atoms with Crippen LogP contribution in [0, 0.1) is 6.92 Å². The predicted octanol–water partition coefficient (Wildman–Crippen LogP) is 7.00. The zero-order chi connectivity index (χ0) is 16.3. The highest BCUT2D eigenvalue weighted by Gasteiger charge is 2.35. The minimum atomic E-state index is -4.48. The molecular formula is C16H11Cl2F3S. The van der Waals surface area contributed by atoms with E-state index in [-0.39, 0.29) is 15.6 Å². The summed E-state index contributed by atoms with van der Waals surface area (Å²) in [4.78, 5) is 0.723. The fraction of sp³-hybridized carbons (Fsp3) is 0.125. The second-order valence-corrected chi connectivity index (χ2v) is 6.28. The first-order valence-corrected chi connectivity index (χ1v) is 7.87. The van der Waals surface area contributed by atoms with Crippen molar-refractivity contribution < 1.29 is 13.2 Å². The maximum atomic E-state index is 13.3. The number of hydrogen-bond acceptors (Lipinski definition) is 1. The molecule has 0 aliphatic rings. The highest BCUT2D eigenvalue weighted by molar-refractivity contribution is 8.02. The summed E-state index contributed by atoms with van der Waals surface area (Å²) in [5.41, 5.74) is -0.241. The Morgan fingerprint density at radius 3 is 2.27 bits per heavy atom. The molecule has 0 fully saturated rings. The van der Waals surface area contributed by atoms with Gasteiger partial charge in [-0.25, -0.2) is 0 Å². The standard InChI is InChI=1S/C16H11Cl2F3S/c1-10-7-11(8-14(17)15(10)18)13(16(19,20)21)9-22-12-5-3-2-4-6-12/h2-9H,1H3/b13-9+. The van der Waals surface area contributed by atoms with Crippen LogP contribution in [0.5, 0.6) is 0 Å². The first kappa shape index (κ1) is 17.3. The molecular weight excluding hydrogens is 352 g/mol. The molecule has 0 amide bonds. The zero-order valence-electron chi connectivity index (χ0n) is 11.4. The van der Waals surface area contributed by atoms with Crippen LogP contribution in [0.1, 0.15) is 11.1 Å². The monoisotopic (exact) mass is 362 g/mol. The summed E-state index contributed by atoms with van der Waals surface area (Å²) in [6.45, 7) is 1.62. The lowest BCUT2D eigenvalue weighted by atomic mass is 10.0. The van der Waals surface area contributed by atoms with Gasteiger partial charge in [0.2, 0.25) is 0 Å². The van der Waals surface area contributed by atoms with E-state index < -0.39 is 11.7 Å². The molecule has 0 saturated carbocycles. The Labute approximate surface area is 140 Å². The molecule has 6 heteroatoms. The quantitative estimate of drug-likeness (QED) is 0.529. The fourth-order valence-corrected chi connectivity index (χ4v) is 3.02. The molecule has 0 bridgehead atoms. The molecule has 22 heavy (non-hydrogen) atoms.